The summed E-state index contributed by atoms with van der Waals surface area (Å²) in [6, 6.07) is 15.7. The zero-order valence-electron chi connectivity index (χ0n) is 14.6. The van der Waals surface area contributed by atoms with Gasteiger partial charge in [0, 0.05) is 31.9 Å². The lowest BCUT2D eigenvalue weighted by Crippen LogP contribution is -2.34. The first-order chi connectivity index (χ1) is 12.2. The molecule has 2 aromatic rings. The molecule has 5 heteroatoms. The Morgan fingerprint density at radius 2 is 1.52 bits per heavy atom. The van der Waals surface area contributed by atoms with Crippen molar-refractivity contribution in [1.29, 1.82) is 0 Å². The zero-order chi connectivity index (χ0) is 17.6. The van der Waals surface area contributed by atoms with E-state index in [-0.39, 0.29) is 0 Å². The van der Waals surface area contributed by atoms with Gasteiger partial charge in [-0.25, -0.2) is 4.79 Å². The van der Waals surface area contributed by atoms with Gasteiger partial charge in [-0.1, -0.05) is 24.3 Å². The lowest BCUT2D eigenvalue weighted by molar-refractivity contribution is 0.202. The fourth-order valence-electron chi connectivity index (χ4n) is 3.17. The number of carbonyl (C=O) groups excluding carboxylic acids is 1. The number of benzene rings is 2. The van der Waals surface area contributed by atoms with Crippen molar-refractivity contribution in [3.8, 4) is 5.75 Å². The molecule has 1 aliphatic heterocycles. The number of rotatable bonds is 6. The Labute approximate surface area is 149 Å². The largest absolute Gasteiger partial charge is 0.497 e. The Morgan fingerprint density at radius 3 is 2.00 bits per heavy atom. The number of anilines is 1. The van der Waals surface area contributed by atoms with Gasteiger partial charge in [-0.05, 0) is 48.2 Å². The topological polar surface area (TPSA) is 58.8 Å². The number of primary amides is 1. The minimum absolute atomic E-state index is 0.417. The first-order valence-electron chi connectivity index (χ1n) is 8.67. The summed E-state index contributed by atoms with van der Waals surface area (Å²) >= 11 is 0. The van der Waals surface area contributed by atoms with Crippen LogP contribution in [0.2, 0.25) is 0 Å². The maximum Gasteiger partial charge on any atom is 0.315 e. The number of methoxy groups -OCH3 is 1. The van der Waals surface area contributed by atoms with Crippen molar-refractivity contribution in [1.82, 2.24) is 4.90 Å². The molecule has 2 N–H and O–H groups in total. The number of nitrogens with two attached hydrogens (primary N) is 1. The Balaban J connectivity index is 1.65. The van der Waals surface area contributed by atoms with Gasteiger partial charge in [0.1, 0.15) is 5.75 Å². The number of ether oxygens (including phenoxy) is 1. The summed E-state index contributed by atoms with van der Waals surface area (Å²) < 4.78 is 5.16. The average Bonchev–Trinajstić information content (AvgIpc) is 3.17. The van der Waals surface area contributed by atoms with Crippen molar-refractivity contribution in [2.45, 2.75) is 25.9 Å². The van der Waals surface area contributed by atoms with Crippen LogP contribution in [-0.4, -0.2) is 31.1 Å². The Kier molecular flexibility index (Phi) is 5.43. The highest BCUT2D eigenvalue weighted by atomic mass is 16.5. The number of hydrogen-bond donors (Lipinski definition) is 1. The average molecular weight is 339 g/mol. The van der Waals surface area contributed by atoms with E-state index in [4.69, 9.17) is 10.5 Å². The minimum atomic E-state index is -0.417. The molecule has 0 atom stereocenters. The predicted octanol–water partition coefficient (Wildman–Crippen LogP) is 3.38. The third-order valence-electron chi connectivity index (χ3n) is 4.63. The molecular weight excluding hydrogens is 314 g/mol. The van der Waals surface area contributed by atoms with E-state index in [9.17, 15) is 4.79 Å². The van der Waals surface area contributed by atoms with Crippen LogP contribution in [0.25, 0.3) is 0 Å². The van der Waals surface area contributed by atoms with Gasteiger partial charge in [0.25, 0.3) is 0 Å². The molecule has 0 aliphatic carbocycles. The summed E-state index contributed by atoms with van der Waals surface area (Å²) in [5, 5.41) is 0. The highest BCUT2D eigenvalue weighted by molar-refractivity contribution is 5.72. The summed E-state index contributed by atoms with van der Waals surface area (Å²) in [6.07, 6.45) is 2.53. The molecule has 0 spiro atoms. The third-order valence-corrected chi connectivity index (χ3v) is 4.63. The molecule has 1 saturated heterocycles. The number of carbonyl (C=O) groups is 1. The van der Waals surface area contributed by atoms with E-state index >= 15 is 0 Å². The quantitative estimate of drug-likeness (QED) is 0.878. The molecule has 0 bridgehead atoms. The molecule has 25 heavy (non-hydrogen) atoms. The van der Waals surface area contributed by atoms with Crippen LogP contribution in [0.5, 0.6) is 5.75 Å². The van der Waals surface area contributed by atoms with Crippen LogP contribution in [-0.2, 0) is 13.1 Å². The molecule has 0 saturated carbocycles. The van der Waals surface area contributed by atoms with E-state index in [1.807, 2.05) is 24.3 Å². The number of nitrogens with zero attached hydrogens (tertiary/aromatic N) is 2. The second-order valence-corrected chi connectivity index (χ2v) is 6.40. The lowest BCUT2D eigenvalue weighted by atomic mass is 10.1. The molecule has 0 radical (unpaired) electrons. The number of amides is 2. The third kappa shape index (κ3) is 4.44. The normalized spacial score (nSPS) is 13.7. The van der Waals surface area contributed by atoms with Gasteiger partial charge in [-0.15, -0.1) is 0 Å². The van der Waals surface area contributed by atoms with Crippen LogP contribution in [0.3, 0.4) is 0 Å². The van der Waals surface area contributed by atoms with Crippen LogP contribution in [0, 0.1) is 0 Å². The molecule has 2 amide bonds. The van der Waals surface area contributed by atoms with Crippen molar-refractivity contribution in [2.24, 2.45) is 5.73 Å². The molecular formula is C20H25N3O2. The Bertz CT molecular complexity index is 692. The first kappa shape index (κ1) is 17.1. The van der Waals surface area contributed by atoms with Crippen molar-refractivity contribution < 1.29 is 9.53 Å². The highest BCUT2D eigenvalue weighted by Crippen LogP contribution is 2.21. The van der Waals surface area contributed by atoms with Crippen molar-refractivity contribution in [3.63, 3.8) is 0 Å². The second-order valence-electron chi connectivity index (χ2n) is 6.40. The minimum Gasteiger partial charge on any atom is -0.497 e. The maximum atomic E-state index is 11.8. The molecule has 2 aromatic carbocycles. The molecule has 0 aromatic heterocycles. The fraction of sp³-hybridized carbons (Fsp3) is 0.350. The summed E-state index contributed by atoms with van der Waals surface area (Å²) in [5.41, 5.74) is 8.92. The van der Waals surface area contributed by atoms with Gasteiger partial charge in [0.05, 0.1) is 7.11 Å². The van der Waals surface area contributed by atoms with Crippen molar-refractivity contribution in [2.75, 3.05) is 25.1 Å². The molecule has 5 nitrogen and oxygen atoms in total. The van der Waals surface area contributed by atoms with Gasteiger partial charge in [0.2, 0.25) is 0 Å². The SMILES string of the molecule is COc1ccc(CN(Cc2ccc(N3CCCC3)cc2)C(N)=O)cc1. The standard InChI is InChI=1S/C20H25N3O2/c1-25-19-10-6-17(7-11-19)15-23(20(21)24)14-16-4-8-18(9-5-16)22-12-2-3-13-22/h4-11H,2-3,12-15H2,1H3,(H2,21,24). The Hall–Kier alpha value is -2.69. The van der Waals surface area contributed by atoms with Gasteiger partial charge in [-0.3, -0.25) is 0 Å². The molecule has 1 fully saturated rings. The molecule has 1 aliphatic rings. The van der Waals surface area contributed by atoms with E-state index in [0.29, 0.717) is 13.1 Å². The molecule has 1 heterocycles. The van der Waals surface area contributed by atoms with Crippen LogP contribution in [0.4, 0.5) is 10.5 Å². The van der Waals surface area contributed by atoms with Crippen molar-refractivity contribution >= 4 is 11.7 Å². The smallest absolute Gasteiger partial charge is 0.315 e. The summed E-state index contributed by atoms with van der Waals surface area (Å²) in [6.45, 7) is 3.24. The second kappa shape index (κ2) is 7.92. The van der Waals surface area contributed by atoms with Gasteiger partial charge >= 0.3 is 6.03 Å². The molecule has 0 unspecified atom stereocenters. The monoisotopic (exact) mass is 339 g/mol. The van der Waals surface area contributed by atoms with Crippen molar-refractivity contribution in [3.05, 3.63) is 59.7 Å². The van der Waals surface area contributed by atoms with Crippen LogP contribution >= 0.6 is 0 Å². The van der Waals surface area contributed by atoms with Gasteiger partial charge in [-0.2, -0.15) is 0 Å². The van der Waals surface area contributed by atoms with Crippen LogP contribution < -0.4 is 15.4 Å². The lowest BCUT2D eigenvalue weighted by Gasteiger charge is -2.22. The number of hydrogen-bond acceptors (Lipinski definition) is 3. The summed E-state index contributed by atoms with van der Waals surface area (Å²) in [4.78, 5) is 15.9. The van der Waals surface area contributed by atoms with E-state index in [1.165, 1.54) is 18.5 Å². The van der Waals surface area contributed by atoms with Crippen LogP contribution in [0.15, 0.2) is 48.5 Å². The predicted molar refractivity (Wildman–Crippen MR) is 99.7 cm³/mol. The highest BCUT2D eigenvalue weighted by Gasteiger charge is 2.14. The van der Waals surface area contributed by atoms with E-state index < -0.39 is 6.03 Å². The van der Waals surface area contributed by atoms with E-state index in [0.717, 1.165) is 30.0 Å². The Morgan fingerprint density at radius 1 is 1.00 bits per heavy atom. The summed E-state index contributed by atoms with van der Waals surface area (Å²) in [5.74, 6) is 0.798. The maximum absolute atomic E-state index is 11.8. The zero-order valence-corrected chi connectivity index (χ0v) is 14.6. The number of urea groups is 1. The van der Waals surface area contributed by atoms with Crippen LogP contribution in [0.1, 0.15) is 24.0 Å². The first-order valence-corrected chi connectivity index (χ1v) is 8.67. The van der Waals surface area contributed by atoms with Gasteiger partial charge in [0.15, 0.2) is 0 Å². The molecule has 3 rings (SSSR count). The summed E-state index contributed by atoms with van der Waals surface area (Å²) in [7, 11) is 1.64. The van der Waals surface area contributed by atoms with E-state index in [2.05, 4.69) is 29.2 Å². The molecule has 132 valence electrons. The fourth-order valence-corrected chi connectivity index (χ4v) is 3.17. The van der Waals surface area contributed by atoms with Gasteiger partial charge < -0.3 is 20.3 Å². The van der Waals surface area contributed by atoms with E-state index in [1.54, 1.807) is 12.0 Å².